The van der Waals surface area contributed by atoms with Crippen LogP contribution in [0.4, 0.5) is 0 Å². The molecule has 10 heteroatoms. The number of ether oxygens (including phenoxy) is 2. The van der Waals surface area contributed by atoms with E-state index in [1.165, 1.54) is 17.1 Å². The highest BCUT2D eigenvalue weighted by Crippen LogP contribution is 2.33. The molecule has 34 heavy (non-hydrogen) atoms. The first-order valence-electron chi connectivity index (χ1n) is 11.8. The van der Waals surface area contributed by atoms with Crippen molar-refractivity contribution in [2.45, 2.75) is 43.9 Å². The van der Waals surface area contributed by atoms with Crippen LogP contribution in [0.3, 0.4) is 0 Å². The molecule has 0 spiro atoms. The molecule has 10 nitrogen and oxygen atoms in total. The van der Waals surface area contributed by atoms with E-state index in [1.54, 1.807) is 4.68 Å². The smallest absolute Gasteiger partial charge is 0.264 e. The predicted molar refractivity (Wildman–Crippen MR) is 122 cm³/mol. The van der Waals surface area contributed by atoms with Crippen LogP contribution in [0.1, 0.15) is 25.7 Å². The van der Waals surface area contributed by atoms with Crippen molar-refractivity contribution in [3.63, 3.8) is 0 Å². The van der Waals surface area contributed by atoms with Gasteiger partial charge in [-0.3, -0.25) is 14.2 Å². The highest BCUT2D eigenvalue weighted by Gasteiger charge is 2.39. The Hall–Kier alpha value is -3.24. The molecule has 1 saturated carbocycles. The van der Waals surface area contributed by atoms with Crippen LogP contribution in [0.15, 0.2) is 41.6 Å². The van der Waals surface area contributed by atoms with Crippen LogP contribution < -0.4 is 10.3 Å². The van der Waals surface area contributed by atoms with Crippen molar-refractivity contribution in [3.05, 3.63) is 47.1 Å². The number of nitrogens with zero attached hydrogens (tertiary/aromatic N) is 5. The van der Waals surface area contributed by atoms with Crippen LogP contribution in [0, 0.1) is 5.92 Å². The molecule has 0 atom stereocenters. The van der Waals surface area contributed by atoms with Gasteiger partial charge in [-0.25, -0.2) is 9.67 Å². The lowest BCUT2D eigenvalue weighted by molar-refractivity contribution is -0.137. The molecule has 3 fully saturated rings. The van der Waals surface area contributed by atoms with E-state index in [2.05, 4.69) is 10.1 Å². The molecule has 1 aliphatic carbocycles. The maximum absolute atomic E-state index is 13.1. The lowest BCUT2D eigenvalue weighted by atomic mass is 9.91. The van der Waals surface area contributed by atoms with Crippen molar-refractivity contribution in [1.82, 2.24) is 24.2 Å². The second-order valence-electron chi connectivity index (χ2n) is 9.57. The minimum Gasteiger partial charge on any atom is -0.486 e. The number of aliphatic hydroxyl groups is 1. The van der Waals surface area contributed by atoms with Crippen LogP contribution in [0.25, 0.3) is 16.7 Å². The van der Waals surface area contributed by atoms with E-state index in [1.807, 2.05) is 29.2 Å². The van der Waals surface area contributed by atoms with Crippen LogP contribution in [-0.2, 0) is 16.1 Å². The zero-order chi connectivity index (χ0) is 23.3. The summed E-state index contributed by atoms with van der Waals surface area (Å²) in [5.41, 5.74) is -0.0648. The monoisotopic (exact) mass is 465 g/mol. The van der Waals surface area contributed by atoms with Crippen molar-refractivity contribution >= 4 is 16.9 Å². The zero-order valence-electron chi connectivity index (χ0n) is 18.8. The maximum atomic E-state index is 13.1. The third-order valence-electron chi connectivity index (χ3n) is 6.94. The van der Waals surface area contributed by atoms with Crippen molar-refractivity contribution in [2.75, 3.05) is 26.3 Å². The Labute approximate surface area is 195 Å². The van der Waals surface area contributed by atoms with Crippen molar-refractivity contribution in [3.8, 4) is 11.4 Å². The lowest BCUT2D eigenvalue weighted by Crippen LogP contribution is -2.50. The van der Waals surface area contributed by atoms with E-state index in [9.17, 15) is 14.7 Å². The number of likely N-dealkylation sites (tertiary alicyclic amines) is 1. The van der Waals surface area contributed by atoms with Crippen LogP contribution >= 0.6 is 0 Å². The van der Waals surface area contributed by atoms with Crippen LogP contribution in [0.2, 0.25) is 0 Å². The van der Waals surface area contributed by atoms with Crippen molar-refractivity contribution in [1.29, 1.82) is 0 Å². The highest BCUT2D eigenvalue weighted by molar-refractivity contribution is 5.81. The second kappa shape index (κ2) is 8.21. The van der Waals surface area contributed by atoms with Crippen LogP contribution in [0.5, 0.6) is 5.75 Å². The maximum Gasteiger partial charge on any atom is 0.264 e. The lowest BCUT2D eigenvalue weighted by Gasteiger charge is -2.38. The first kappa shape index (κ1) is 21.3. The number of piperidine rings is 1. The molecule has 178 valence electrons. The summed E-state index contributed by atoms with van der Waals surface area (Å²) in [5.74, 6) is 1.13. The Kier molecular flexibility index (Phi) is 5.14. The Balaban J connectivity index is 1.18. The minimum absolute atomic E-state index is 0.0947. The number of carbonyl (C=O) groups excluding carboxylic acids is 1. The molecule has 0 unspecified atom stereocenters. The number of fused-ring (bicyclic) bond motifs is 1. The summed E-state index contributed by atoms with van der Waals surface area (Å²) in [4.78, 5) is 31.8. The number of carbonyl (C=O) groups is 1. The molecule has 0 radical (unpaired) electrons. The predicted octanol–water partition coefficient (Wildman–Crippen LogP) is 1.12. The molecule has 3 aliphatic rings. The summed E-state index contributed by atoms with van der Waals surface area (Å²) in [7, 11) is 0. The fourth-order valence-corrected chi connectivity index (χ4v) is 4.60. The third kappa shape index (κ3) is 3.97. The highest BCUT2D eigenvalue weighted by atomic mass is 16.6. The second-order valence-corrected chi connectivity index (χ2v) is 9.57. The van der Waals surface area contributed by atoms with Gasteiger partial charge in [0.05, 0.1) is 37.2 Å². The van der Waals surface area contributed by atoms with E-state index in [0.717, 1.165) is 24.3 Å². The van der Waals surface area contributed by atoms with Gasteiger partial charge < -0.3 is 19.5 Å². The van der Waals surface area contributed by atoms with Crippen molar-refractivity contribution < 1.29 is 19.4 Å². The van der Waals surface area contributed by atoms with Gasteiger partial charge in [0.25, 0.3) is 5.56 Å². The van der Waals surface area contributed by atoms with E-state index < -0.39 is 5.60 Å². The van der Waals surface area contributed by atoms with Crippen LogP contribution in [-0.4, -0.2) is 73.3 Å². The average Bonchev–Trinajstić information content (AvgIpc) is 3.58. The molecule has 2 saturated heterocycles. The van der Waals surface area contributed by atoms with Gasteiger partial charge in [-0.1, -0.05) is 0 Å². The molecule has 1 aromatic carbocycles. The standard InChI is InChI=1S/C24H27N5O5/c30-22(16-1-2-16)27-9-7-24(32,8-10-27)14-28-15-25-21-20(23(28)31)11-26-29(21)17-3-5-18(6-4-17)34-19-12-33-13-19/h3-6,11,15-16,19,32H,1-2,7-10,12-14H2. The number of hydrogen-bond acceptors (Lipinski definition) is 7. The van der Waals surface area contributed by atoms with Gasteiger partial charge in [-0.05, 0) is 49.9 Å². The zero-order valence-corrected chi connectivity index (χ0v) is 18.8. The Morgan fingerprint density at radius 2 is 1.91 bits per heavy atom. The van der Waals surface area contributed by atoms with E-state index >= 15 is 0 Å². The molecule has 2 aromatic heterocycles. The number of hydrogen-bond donors (Lipinski definition) is 1. The molecule has 2 aliphatic heterocycles. The summed E-state index contributed by atoms with van der Waals surface area (Å²) in [5, 5.41) is 15.9. The van der Waals surface area contributed by atoms with Gasteiger partial charge in [0.1, 0.15) is 23.6 Å². The first-order chi connectivity index (χ1) is 16.5. The fourth-order valence-electron chi connectivity index (χ4n) is 4.60. The summed E-state index contributed by atoms with van der Waals surface area (Å²) < 4.78 is 14.0. The van der Waals surface area contributed by atoms with E-state index in [4.69, 9.17) is 9.47 Å². The molecular formula is C24H27N5O5. The van der Waals surface area contributed by atoms with Gasteiger partial charge in [-0.2, -0.15) is 5.10 Å². The first-order valence-corrected chi connectivity index (χ1v) is 11.8. The van der Waals surface area contributed by atoms with Crippen molar-refractivity contribution in [2.24, 2.45) is 5.92 Å². The van der Waals surface area contributed by atoms with Gasteiger partial charge >= 0.3 is 0 Å². The van der Waals surface area contributed by atoms with Gasteiger partial charge in [-0.15, -0.1) is 0 Å². The Bertz CT molecular complexity index is 1270. The molecule has 1 amide bonds. The largest absolute Gasteiger partial charge is 0.486 e. The Morgan fingerprint density at radius 1 is 1.18 bits per heavy atom. The molecule has 4 heterocycles. The summed E-state index contributed by atoms with van der Waals surface area (Å²) in [6.07, 6.45) is 5.91. The average molecular weight is 466 g/mol. The molecule has 1 N–H and O–H groups in total. The normalized spacial score (nSPS) is 20.3. The number of rotatable bonds is 6. The quantitative estimate of drug-likeness (QED) is 0.581. The third-order valence-corrected chi connectivity index (χ3v) is 6.94. The van der Waals surface area contributed by atoms with E-state index in [0.29, 0.717) is 50.2 Å². The van der Waals surface area contributed by atoms with Gasteiger partial charge in [0.2, 0.25) is 5.91 Å². The fraction of sp³-hybridized carbons (Fsp3) is 0.500. The van der Waals surface area contributed by atoms with E-state index in [-0.39, 0.29) is 30.0 Å². The minimum atomic E-state index is -1.04. The number of aromatic nitrogens is 4. The van der Waals surface area contributed by atoms with Gasteiger partial charge in [0, 0.05) is 19.0 Å². The summed E-state index contributed by atoms with van der Waals surface area (Å²) in [6, 6.07) is 7.46. The number of benzene rings is 1. The summed E-state index contributed by atoms with van der Waals surface area (Å²) in [6.45, 7) is 2.38. The van der Waals surface area contributed by atoms with Gasteiger partial charge in [0.15, 0.2) is 5.65 Å². The summed E-state index contributed by atoms with van der Waals surface area (Å²) >= 11 is 0. The molecule has 0 bridgehead atoms. The Morgan fingerprint density at radius 3 is 2.56 bits per heavy atom. The topological polar surface area (TPSA) is 112 Å². The molecule has 3 aromatic rings. The number of amides is 1. The molecule has 6 rings (SSSR count). The molecular weight excluding hydrogens is 438 g/mol. The SMILES string of the molecule is O=C(C1CC1)N1CCC(O)(Cn2cnc3c(cnn3-c3ccc(OC4COC4)cc3)c2=O)CC1.